The maximum absolute atomic E-state index is 12.6. The van der Waals surface area contributed by atoms with E-state index in [1.165, 1.54) is 0 Å². The van der Waals surface area contributed by atoms with Gasteiger partial charge in [-0.15, -0.1) is 0 Å². The maximum Gasteiger partial charge on any atom is 0.261 e. The maximum atomic E-state index is 12.6. The summed E-state index contributed by atoms with van der Waals surface area (Å²) in [5.74, 6) is 0.307. The molecule has 1 amide bonds. The fraction of sp³-hybridized carbons (Fsp3) is 0.150. The topological polar surface area (TPSA) is 108 Å². The monoisotopic (exact) mass is 361 g/mol. The summed E-state index contributed by atoms with van der Waals surface area (Å²) >= 11 is 0. The Bertz CT molecular complexity index is 1240. The number of carbonyl (C=O) groups is 1. The fourth-order valence-electron chi connectivity index (χ4n) is 3.13. The van der Waals surface area contributed by atoms with Crippen molar-refractivity contribution in [2.75, 3.05) is 19.3 Å². The van der Waals surface area contributed by atoms with Crippen LogP contribution in [-0.4, -0.2) is 39.4 Å². The molecule has 7 nitrogen and oxygen atoms in total. The summed E-state index contributed by atoms with van der Waals surface area (Å²) in [5.41, 5.74) is 9.19. The van der Waals surface area contributed by atoms with Crippen LogP contribution in [0.2, 0.25) is 0 Å². The van der Waals surface area contributed by atoms with Crippen molar-refractivity contribution in [3.8, 4) is 11.4 Å². The molecule has 0 atom stereocenters. The van der Waals surface area contributed by atoms with Crippen molar-refractivity contribution in [1.29, 1.82) is 0 Å². The molecule has 0 saturated carbocycles. The molecule has 27 heavy (non-hydrogen) atoms. The molecule has 2 aromatic carbocycles. The van der Waals surface area contributed by atoms with Gasteiger partial charge in [-0.1, -0.05) is 18.2 Å². The number of carbonyl (C=O) groups excluding carboxylic acids is 1. The first-order valence-corrected chi connectivity index (χ1v) is 8.65. The second-order valence-electron chi connectivity index (χ2n) is 6.43. The summed E-state index contributed by atoms with van der Waals surface area (Å²) in [6, 6.07) is 12.6. The number of nitrogens with two attached hydrogens (primary N) is 1. The lowest BCUT2D eigenvalue weighted by Gasteiger charge is -2.14. The Morgan fingerprint density at radius 2 is 1.93 bits per heavy atom. The predicted octanol–water partition coefficient (Wildman–Crippen LogP) is 2.75. The van der Waals surface area contributed by atoms with Crippen LogP contribution < -0.4 is 11.3 Å². The number of benzene rings is 2. The van der Waals surface area contributed by atoms with Crippen molar-refractivity contribution in [1.82, 2.24) is 19.9 Å². The number of nitrogen functional groups attached to an aromatic ring is 1. The van der Waals surface area contributed by atoms with Gasteiger partial charge in [0.25, 0.3) is 11.5 Å². The molecule has 0 spiro atoms. The third-order valence-electron chi connectivity index (χ3n) is 4.75. The van der Waals surface area contributed by atoms with E-state index in [9.17, 15) is 9.59 Å². The minimum atomic E-state index is -0.313. The average Bonchev–Trinajstić information content (AvgIpc) is 3.09. The number of pyridine rings is 1. The van der Waals surface area contributed by atoms with E-state index >= 15 is 0 Å². The molecule has 7 heteroatoms. The fourth-order valence-corrected chi connectivity index (χ4v) is 3.13. The number of rotatable bonds is 3. The molecule has 0 unspecified atom stereocenters. The lowest BCUT2D eigenvalue weighted by molar-refractivity contribution is 0.0802. The van der Waals surface area contributed by atoms with Crippen molar-refractivity contribution in [3.05, 3.63) is 58.4 Å². The largest absolute Gasteiger partial charge is 0.397 e. The summed E-state index contributed by atoms with van der Waals surface area (Å²) in [6.45, 7) is 2.54. The molecule has 0 bridgehead atoms. The highest BCUT2D eigenvalue weighted by Gasteiger charge is 2.17. The van der Waals surface area contributed by atoms with Gasteiger partial charge in [-0.25, -0.2) is 4.98 Å². The van der Waals surface area contributed by atoms with E-state index in [2.05, 4.69) is 15.0 Å². The highest BCUT2D eigenvalue weighted by atomic mass is 16.2. The third kappa shape index (κ3) is 2.73. The van der Waals surface area contributed by atoms with E-state index in [0.29, 0.717) is 45.7 Å². The first-order valence-electron chi connectivity index (χ1n) is 8.65. The number of aromatic amines is 2. The van der Waals surface area contributed by atoms with Crippen molar-refractivity contribution in [2.45, 2.75) is 6.92 Å². The summed E-state index contributed by atoms with van der Waals surface area (Å²) in [6.07, 6.45) is 0. The van der Waals surface area contributed by atoms with Crippen LogP contribution in [-0.2, 0) is 0 Å². The molecule has 4 aromatic rings. The van der Waals surface area contributed by atoms with Gasteiger partial charge in [0, 0.05) is 24.5 Å². The molecule has 0 radical (unpaired) electrons. The molecular formula is C20H19N5O2. The van der Waals surface area contributed by atoms with Crippen LogP contribution in [0.15, 0.2) is 47.3 Å². The first kappa shape index (κ1) is 16.8. The van der Waals surface area contributed by atoms with Gasteiger partial charge in [-0.05, 0) is 31.2 Å². The zero-order valence-corrected chi connectivity index (χ0v) is 15.0. The lowest BCUT2D eigenvalue weighted by atomic mass is 10.1. The van der Waals surface area contributed by atoms with E-state index in [-0.39, 0.29) is 11.5 Å². The SMILES string of the molecule is CCN(C)C(=O)c1ccc2nc(-c3c(N)c4ccccc4[nH]c3=O)[nH]c2c1. The standard InChI is InChI=1S/C20H19N5O2/c1-3-25(2)20(27)11-8-9-14-15(10-11)23-18(22-14)16-17(21)12-6-4-5-7-13(12)24-19(16)26/h4-10H,3H2,1-2H3,(H,22,23)(H3,21,24,26). The van der Waals surface area contributed by atoms with Gasteiger partial charge in [-0.2, -0.15) is 0 Å². The number of H-pyrrole nitrogens is 2. The Morgan fingerprint density at radius 1 is 1.15 bits per heavy atom. The van der Waals surface area contributed by atoms with Crippen molar-refractivity contribution in [2.24, 2.45) is 0 Å². The van der Waals surface area contributed by atoms with Gasteiger partial charge in [0.05, 0.1) is 22.2 Å². The Balaban J connectivity index is 1.87. The summed E-state index contributed by atoms with van der Waals surface area (Å²) in [5, 5.41) is 0.757. The van der Waals surface area contributed by atoms with E-state index < -0.39 is 0 Å². The lowest BCUT2D eigenvalue weighted by Crippen LogP contribution is -2.26. The molecular weight excluding hydrogens is 342 g/mol. The quantitative estimate of drug-likeness (QED) is 0.521. The highest BCUT2D eigenvalue weighted by molar-refractivity contribution is 5.99. The second kappa shape index (κ2) is 6.28. The molecule has 0 aliphatic carbocycles. The highest BCUT2D eigenvalue weighted by Crippen LogP contribution is 2.28. The van der Waals surface area contributed by atoms with E-state index in [4.69, 9.17) is 5.73 Å². The summed E-state index contributed by atoms with van der Waals surface area (Å²) in [7, 11) is 1.75. The number of amides is 1. The summed E-state index contributed by atoms with van der Waals surface area (Å²) < 4.78 is 0. The van der Waals surface area contributed by atoms with Gasteiger partial charge < -0.3 is 20.6 Å². The van der Waals surface area contributed by atoms with Crippen molar-refractivity contribution in [3.63, 3.8) is 0 Å². The van der Waals surface area contributed by atoms with Crippen LogP contribution in [0, 0.1) is 0 Å². The van der Waals surface area contributed by atoms with Crippen molar-refractivity contribution < 1.29 is 4.79 Å². The smallest absolute Gasteiger partial charge is 0.261 e. The number of fused-ring (bicyclic) bond motifs is 2. The van der Waals surface area contributed by atoms with Crippen LogP contribution in [0.5, 0.6) is 0 Å². The van der Waals surface area contributed by atoms with Crippen molar-refractivity contribution >= 4 is 33.5 Å². The van der Waals surface area contributed by atoms with E-state index in [1.807, 2.05) is 25.1 Å². The number of hydrogen-bond acceptors (Lipinski definition) is 4. The molecule has 136 valence electrons. The van der Waals surface area contributed by atoms with Crippen LogP contribution in [0.1, 0.15) is 17.3 Å². The Labute approximate surface area is 154 Å². The number of nitrogens with zero attached hydrogens (tertiary/aromatic N) is 2. The normalized spacial score (nSPS) is 11.2. The Hall–Kier alpha value is -3.61. The van der Waals surface area contributed by atoms with E-state index in [1.54, 1.807) is 36.2 Å². The average molecular weight is 361 g/mol. The minimum Gasteiger partial charge on any atom is -0.397 e. The first-order chi connectivity index (χ1) is 13.0. The van der Waals surface area contributed by atoms with Crippen LogP contribution >= 0.6 is 0 Å². The molecule has 0 saturated heterocycles. The van der Waals surface area contributed by atoms with E-state index in [0.717, 1.165) is 5.39 Å². The van der Waals surface area contributed by atoms with Gasteiger partial charge in [0.15, 0.2) is 0 Å². The molecule has 4 N–H and O–H groups in total. The van der Waals surface area contributed by atoms with Gasteiger partial charge in [0.2, 0.25) is 0 Å². The zero-order chi connectivity index (χ0) is 19.1. The second-order valence-corrected chi connectivity index (χ2v) is 6.43. The number of aromatic nitrogens is 3. The summed E-state index contributed by atoms with van der Waals surface area (Å²) in [4.78, 5) is 37.0. The number of nitrogens with one attached hydrogen (secondary N) is 2. The molecule has 0 aliphatic rings. The third-order valence-corrected chi connectivity index (χ3v) is 4.75. The van der Waals surface area contributed by atoms with Gasteiger partial charge in [-0.3, -0.25) is 9.59 Å². The van der Waals surface area contributed by atoms with Crippen LogP contribution in [0.25, 0.3) is 33.3 Å². The van der Waals surface area contributed by atoms with Gasteiger partial charge >= 0.3 is 0 Å². The molecule has 4 rings (SSSR count). The zero-order valence-electron chi connectivity index (χ0n) is 15.0. The number of hydrogen-bond donors (Lipinski definition) is 3. The Kier molecular flexibility index (Phi) is 3.92. The number of imidazole rings is 1. The Morgan fingerprint density at radius 3 is 2.70 bits per heavy atom. The molecule has 0 fully saturated rings. The number of anilines is 1. The van der Waals surface area contributed by atoms with Gasteiger partial charge in [0.1, 0.15) is 11.4 Å². The molecule has 2 heterocycles. The minimum absolute atomic E-state index is 0.0707. The predicted molar refractivity (Wildman–Crippen MR) is 107 cm³/mol. The van der Waals surface area contributed by atoms with Crippen LogP contribution in [0.4, 0.5) is 5.69 Å². The molecule has 2 aromatic heterocycles. The molecule has 0 aliphatic heterocycles. The number of para-hydroxylation sites is 1. The van der Waals surface area contributed by atoms with Crippen LogP contribution in [0.3, 0.4) is 0 Å².